The molecule has 0 saturated carbocycles. The van der Waals surface area contributed by atoms with Crippen LogP contribution >= 0.6 is 0 Å². The van der Waals surface area contributed by atoms with E-state index in [-0.39, 0.29) is 17.4 Å². The number of amides is 2. The lowest BCUT2D eigenvalue weighted by Gasteiger charge is -2.21. The van der Waals surface area contributed by atoms with Crippen LogP contribution in [0.4, 0.5) is 5.69 Å². The molecule has 28 heavy (non-hydrogen) atoms. The third-order valence-corrected chi connectivity index (χ3v) is 3.71. The van der Waals surface area contributed by atoms with E-state index in [1.807, 2.05) is 34.6 Å². The Morgan fingerprint density at radius 3 is 2.18 bits per heavy atom. The lowest BCUT2D eigenvalue weighted by molar-refractivity contribution is 0.0920. The summed E-state index contributed by atoms with van der Waals surface area (Å²) < 4.78 is 11.1. The zero-order chi connectivity index (χ0) is 20.7. The molecule has 0 aromatic heterocycles. The van der Waals surface area contributed by atoms with Crippen molar-refractivity contribution in [1.29, 1.82) is 0 Å². The predicted molar refractivity (Wildman–Crippen MR) is 110 cm³/mol. The summed E-state index contributed by atoms with van der Waals surface area (Å²) in [5.74, 6) is 0.520. The molecule has 2 rings (SSSR count). The SMILES string of the molecule is CCOc1ccc(C(=O)Nc2ccccc2C(=O)NC(C)(C)C)cc1OCC. The van der Waals surface area contributed by atoms with Crippen molar-refractivity contribution in [2.24, 2.45) is 0 Å². The van der Waals surface area contributed by atoms with Crippen molar-refractivity contribution in [1.82, 2.24) is 5.32 Å². The quantitative estimate of drug-likeness (QED) is 0.748. The smallest absolute Gasteiger partial charge is 0.255 e. The van der Waals surface area contributed by atoms with Crippen LogP contribution in [0.3, 0.4) is 0 Å². The summed E-state index contributed by atoms with van der Waals surface area (Å²) in [6.07, 6.45) is 0. The molecule has 0 aliphatic heterocycles. The number of hydrogen-bond acceptors (Lipinski definition) is 4. The molecule has 2 amide bonds. The molecule has 6 heteroatoms. The van der Waals surface area contributed by atoms with Gasteiger partial charge in [0.05, 0.1) is 24.5 Å². The Labute approximate surface area is 166 Å². The van der Waals surface area contributed by atoms with Crippen LogP contribution < -0.4 is 20.1 Å². The van der Waals surface area contributed by atoms with Gasteiger partial charge < -0.3 is 20.1 Å². The van der Waals surface area contributed by atoms with Gasteiger partial charge in [0.2, 0.25) is 0 Å². The molecule has 150 valence electrons. The molecule has 0 aliphatic rings. The minimum Gasteiger partial charge on any atom is -0.490 e. The predicted octanol–water partition coefficient (Wildman–Crippen LogP) is 4.26. The maximum atomic E-state index is 12.8. The van der Waals surface area contributed by atoms with Gasteiger partial charge in [0.15, 0.2) is 11.5 Å². The standard InChI is InChI=1S/C22H28N2O4/c1-6-27-18-13-12-15(14-19(18)28-7-2)20(25)23-17-11-9-8-10-16(17)21(26)24-22(3,4)5/h8-14H,6-7H2,1-5H3,(H,23,25)(H,24,26). The average molecular weight is 384 g/mol. The number of hydrogen-bond donors (Lipinski definition) is 2. The number of para-hydroxylation sites is 1. The fourth-order valence-corrected chi connectivity index (χ4v) is 2.58. The lowest BCUT2D eigenvalue weighted by atomic mass is 10.1. The molecular weight excluding hydrogens is 356 g/mol. The Bertz CT molecular complexity index is 841. The van der Waals surface area contributed by atoms with Crippen LogP contribution in [0.25, 0.3) is 0 Å². The first-order valence-corrected chi connectivity index (χ1v) is 9.37. The van der Waals surface area contributed by atoms with Crippen LogP contribution in [0.5, 0.6) is 11.5 Å². The third kappa shape index (κ3) is 5.74. The third-order valence-electron chi connectivity index (χ3n) is 3.71. The van der Waals surface area contributed by atoms with Gasteiger partial charge in [-0.25, -0.2) is 0 Å². The molecule has 0 aliphatic carbocycles. The second-order valence-electron chi connectivity index (χ2n) is 7.23. The van der Waals surface area contributed by atoms with E-state index in [1.165, 1.54) is 0 Å². The van der Waals surface area contributed by atoms with E-state index < -0.39 is 0 Å². The normalized spacial score (nSPS) is 10.9. The molecule has 0 fully saturated rings. The summed E-state index contributed by atoms with van der Waals surface area (Å²) in [6.45, 7) is 10.4. The molecule has 0 atom stereocenters. The highest BCUT2D eigenvalue weighted by Crippen LogP contribution is 2.29. The van der Waals surface area contributed by atoms with Gasteiger partial charge in [0.25, 0.3) is 11.8 Å². The van der Waals surface area contributed by atoms with Gasteiger partial charge in [0.1, 0.15) is 0 Å². The van der Waals surface area contributed by atoms with Gasteiger partial charge in [-0.1, -0.05) is 12.1 Å². The fraction of sp³-hybridized carbons (Fsp3) is 0.364. The maximum absolute atomic E-state index is 12.8. The van der Waals surface area contributed by atoms with Gasteiger partial charge in [-0.3, -0.25) is 9.59 Å². The van der Waals surface area contributed by atoms with Crippen LogP contribution in [-0.2, 0) is 0 Å². The fourth-order valence-electron chi connectivity index (χ4n) is 2.58. The summed E-state index contributed by atoms with van der Waals surface area (Å²) in [5.41, 5.74) is 0.885. The highest BCUT2D eigenvalue weighted by Gasteiger charge is 2.19. The van der Waals surface area contributed by atoms with E-state index in [2.05, 4.69) is 10.6 Å². The van der Waals surface area contributed by atoms with Crippen molar-refractivity contribution >= 4 is 17.5 Å². The number of carbonyl (C=O) groups excluding carboxylic acids is 2. The highest BCUT2D eigenvalue weighted by atomic mass is 16.5. The van der Waals surface area contributed by atoms with Crippen molar-refractivity contribution in [3.63, 3.8) is 0 Å². The van der Waals surface area contributed by atoms with Gasteiger partial charge in [-0.05, 0) is 65.0 Å². The van der Waals surface area contributed by atoms with Crippen molar-refractivity contribution in [3.8, 4) is 11.5 Å². The number of ether oxygens (including phenoxy) is 2. The Morgan fingerprint density at radius 2 is 1.54 bits per heavy atom. The molecule has 2 aromatic rings. The van der Waals surface area contributed by atoms with Crippen molar-refractivity contribution < 1.29 is 19.1 Å². The Morgan fingerprint density at radius 1 is 0.893 bits per heavy atom. The van der Waals surface area contributed by atoms with E-state index >= 15 is 0 Å². The Balaban J connectivity index is 2.26. The number of nitrogens with one attached hydrogen (secondary N) is 2. The zero-order valence-corrected chi connectivity index (χ0v) is 17.1. The monoisotopic (exact) mass is 384 g/mol. The van der Waals surface area contributed by atoms with Crippen molar-refractivity contribution in [2.75, 3.05) is 18.5 Å². The molecule has 0 heterocycles. The Hall–Kier alpha value is -3.02. The summed E-state index contributed by atoms with van der Waals surface area (Å²) in [7, 11) is 0. The van der Waals surface area contributed by atoms with E-state index in [0.29, 0.717) is 41.5 Å². The second-order valence-corrected chi connectivity index (χ2v) is 7.23. The molecule has 2 N–H and O–H groups in total. The number of anilines is 1. The van der Waals surface area contributed by atoms with Crippen LogP contribution in [0.1, 0.15) is 55.3 Å². The maximum Gasteiger partial charge on any atom is 0.255 e. The highest BCUT2D eigenvalue weighted by molar-refractivity contribution is 6.09. The van der Waals surface area contributed by atoms with Crippen molar-refractivity contribution in [2.45, 2.75) is 40.2 Å². The number of carbonyl (C=O) groups is 2. The van der Waals surface area contributed by atoms with Gasteiger partial charge in [-0.15, -0.1) is 0 Å². The molecule has 6 nitrogen and oxygen atoms in total. The summed E-state index contributed by atoms with van der Waals surface area (Å²) in [6, 6.07) is 11.9. The van der Waals surface area contributed by atoms with Crippen LogP contribution in [0.15, 0.2) is 42.5 Å². The number of rotatable bonds is 7. The molecule has 0 unspecified atom stereocenters. The second kappa shape index (κ2) is 9.26. The largest absolute Gasteiger partial charge is 0.490 e. The molecule has 0 saturated heterocycles. The summed E-state index contributed by atoms with van der Waals surface area (Å²) >= 11 is 0. The molecule has 0 spiro atoms. The number of benzene rings is 2. The van der Waals surface area contributed by atoms with Crippen molar-refractivity contribution in [3.05, 3.63) is 53.6 Å². The first kappa shape index (κ1) is 21.3. The first-order chi connectivity index (χ1) is 13.2. The topological polar surface area (TPSA) is 76.7 Å². The Kier molecular flexibility index (Phi) is 7.04. The van der Waals surface area contributed by atoms with E-state index in [1.54, 1.807) is 42.5 Å². The van der Waals surface area contributed by atoms with E-state index in [9.17, 15) is 9.59 Å². The van der Waals surface area contributed by atoms with Gasteiger partial charge in [-0.2, -0.15) is 0 Å². The molecule has 2 aromatic carbocycles. The average Bonchev–Trinajstić information content (AvgIpc) is 2.62. The van der Waals surface area contributed by atoms with Gasteiger partial charge >= 0.3 is 0 Å². The van der Waals surface area contributed by atoms with E-state index in [4.69, 9.17) is 9.47 Å². The van der Waals surface area contributed by atoms with Crippen LogP contribution in [0.2, 0.25) is 0 Å². The van der Waals surface area contributed by atoms with E-state index in [0.717, 1.165) is 0 Å². The minimum atomic E-state index is -0.379. The lowest BCUT2D eigenvalue weighted by Crippen LogP contribution is -2.40. The molecule has 0 radical (unpaired) electrons. The van der Waals surface area contributed by atoms with Gasteiger partial charge in [0, 0.05) is 11.1 Å². The molecular formula is C22H28N2O4. The first-order valence-electron chi connectivity index (χ1n) is 9.37. The zero-order valence-electron chi connectivity index (χ0n) is 17.1. The van der Waals surface area contributed by atoms with Crippen LogP contribution in [-0.4, -0.2) is 30.6 Å². The summed E-state index contributed by atoms with van der Waals surface area (Å²) in [5, 5.41) is 5.73. The summed E-state index contributed by atoms with van der Waals surface area (Å²) in [4.78, 5) is 25.3. The van der Waals surface area contributed by atoms with Crippen LogP contribution in [0, 0.1) is 0 Å². The minimum absolute atomic E-state index is 0.245. The molecule has 0 bridgehead atoms.